The summed E-state index contributed by atoms with van der Waals surface area (Å²) in [4.78, 5) is -0.0775. The molecule has 0 bridgehead atoms. The van der Waals surface area contributed by atoms with Gasteiger partial charge in [0.15, 0.2) is 0 Å². The predicted molar refractivity (Wildman–Crippen MR) is 82.3 cm³/mol. The number of rotatable bonds is 3. The fraction of sp³-hybridized carbons (Fsp3) is 0.500. The highest BCUT2D eigenvalue weighted by atomic mass is 35.5. The Morgan fingerprint density at radius 3 is 2.15 bits per heavy atom. The second-order valence-electron chi connectivity index (χ2n) is 4.70. The first-order chi connectivity index (χ1) is 9.34. The van der Waals surface area contributed by atoms with Gasteiger partial charge >= 0.3 is 0 Å². The predicted octanol–water partition coefficient (Wildman–Crippen LogP) is 3.02. The van der Waals surface area contributed by atoms with Crippen LogP contribution in [0.1, 0.15) is 12.8 Å². The van der Waals surface area contributed by atoms with Gasteiger partial charge in [0.05, 0.1) is 10.0 Å². The third kappa shape index (κ3) is 3.24. The Morgan fingerprint density at radius 2 is 1.65 bits per heavy atom. The number of sulfonamides is 1. The Bertz CT molecular complexity index is 578. The molecule has 0 radical (unpaired) electrons. The van der Waals surface area contributed by atoms with Crippen molar-refractivity contribution in [1.82, 2.24) is 9.62 Å². The molecule has 0 saturated carbocycles. The lowest BCUT2D eigenvalue weighted by Gasteiger charge is -2.31. The Balaban J connectivity index is 2.39. The number of benzene rings is 1. The Morgan fingerprint density at radius 1 is 1.15 bits per heavy atom. The van der Waals surface area contributed by atoms with E-state index in [-0.39, 0.29) is 21.0 Å². The molecule has 1 heterocycles. The van der Waals surface area contributed by atoms with Crippen LogP contribution in [-0.4, -0.2) is 38.9 Å². The number of nitrogens with one attached hydrogen (secondary N) is 1. The average molecular weight is 358 g/mol. The van der Waals surface area contributed by atoms with Crippen molar-refractivity contribution in [3.8, 4) is 0 Å². The summed E-state index contributed by atoms with van der Waals surface area (Å²) in [5.74, 6) is 0. The summed E-state index contributed by atoms with van der Waals surface area (Å²) in [6.07, 6.45) is 1.52. The largest absolute Gasteiger partial charge is 0.317 e. The summed E-state index contributed by atoms with van der Waals surface area (Å²) >= 11 is 17.8. The molecule has 8 heteroatoms. The highest BCUT2D eigenvalue weighted by molar-refractivity contribution is 7.89. The molecule has 0 unspecified atom stereocenters. The van der Waals surface area contributed by atoms with Crippen molar-refractivity contribution >= 4 is 44.8 Å². The molecule has 1 aliphatic rings. The van der Waals surface area contributed by atoms with Crippen LogP contribution >= 0.6 is 34.8 Å². The summed E-state index contributed by atoms with van der Waals surface area (Å²) in [6.45, 7) is 1.60. The fourth-order valence-corrected chi connectivity index (χ4v) is 5.19. The lowest BCUT2D eigenvalue weighted by Crippen LogP contribution is -2.44. The van der Waals surface area contributed by atoms with Crippen molar-refractivity contribution in [1.29, 1.82) is 0 Å². The summed E-state index contributed by atoms with van der Waals surface area (Å²) in [7, 11) is -2.17. The minimum atomic E-state index is -3.73. The molecule has 20 heavy (non-hydrogen) atoms. The molecule has 0 aliphatic carbocycles. The summed E-state index contributed by atoms with van der Waals surface area (Å²) in [6, 6.07) is 2.72. The minimum absolute atomic E-state index is 0.0447. The second-order valence-corrected chi connectivity index (χ2v) is 7.89. The first kappa shape index (κ1) is 16.3. The van der Waals surface area contributed by atoms with Gasteiger partial charge in [-0.15, -0.1) is 0 Å². The standard InChI is InChI=1S/C12H15Cl3N2O2S/c1-17(9-2-4-16-5-3-9)20(18,19)12-10(14)6-8(13)7-11(12)15/h6-7,9,16H,2-5H2,1H3. The summed E-state index contributed by atoms with van der Waals surface area (Å²) in [5, 5.41) is 3.60. The van der Waals surface area contributed by atoms with E-state index in [4.69, 9.17) is 34.8 Å². The highest BCUT2D eigenvalue weighted by Gasteiger charge is 2.32. The summed E-state index contributed by atoms with van der Waals surface area (Å²) < 4.78 is 26.7. The molecule has 1 N–H and O–H groups in total. The van der Waals surface area contributed by atoms with E-state index < -0.39 is 10.0 Å². The molecule has 1 aromatic rings. The van der Waals surface area contributed by atoms with Crippen molar-refractivity contribution in [3.63, 3.8) is 0 Å². The molecule has 1 aromatic carbocycles. The third-order valence-electron chi connectivity index (χ3n) is 3.42. The van der Waals surface area contributed by atoms with Crippen LogP contribution in [0.5, 0.6) is 0 Å². The first-order valence-corrected chi connectivity index (χ1v) is 8.74. The zero-order valence-corrected chi connectivity index (χ0v) is 14.0. The van der Waals surface area contributed by atoms with Crippen molar-refractivity contribution in [3.05, 3.63) is 27.2 Å². The number of halogens is 3. The zero-order chi connectivity index (χ0) is 14.9. The van der Waals surface area contributed by atoms with Crippen LogP contribution in [0.2, 0.25) is 15.1 Å². The minimum Gasteiger partial charge on any atom is -0.317 e. The molecule has 0 aromatic heterocycles. The maximum Gasteiger partial charge on any atom is 0.246 e. The van der Waals surface area contributed by atoms with Gasteiger partial charge in [-0.2, -0.15) is 4.31 Å². The molecular weight excluding hydrogens is 343 g/mol. The van der Waals surface area contributed by atoms with Crippen molar-refractivity contribution < 1.29 is 8.42 Å². The van der Waals surface area contributed by atoms with Gasteiger partial charge in [-0.25, -0.2) is 8.42 Å². The molecule has 112 valence electrons. The molecule has 4 nitrogen and oxygen atoms in total. The third-order valence-corrected chi connectivity index (χ3v) is 6.47. The Labute approximate surface area is 134 Å². The molecule has 0 atom stereocenters. The van der Waals surface area contributed by atoms with Crippen LogP contribution in [0.25, 0.3) is 0 Å². The van der Waals surface area contributed by atoms with Crippen LogP contribution in [0, 0.1) is 0 Å². The van der Waals surface area contributed by atoms with E-state index in [1.54, 1.807) is 7.05 Å². The van der Waals surface area contributed by atoms with Crippen LogP contribution in [0.4, 0.5) is 0 Å². The van der Waals surface area contributed by atoms with E-state index in [0.717, 1.165) is 25.9 Å². The lowest BCUT2D eigenvalue weighted by atomic mass is 10.1. The van der Waals surface area contributed by atoms with Crippen LogP contribution < -0.4 is 5.32 Å². The van der Waals surface area contributed by atoms with Gasteiger partial charge < -0.3 is 5.32 Å². The second kappa shape index (κ2) is 6.38. The van der Waals surface area contributed by atoms with E-state index >= 15 is 0 Å². The fourth-order valence-electron chi connectivity index (χ4n) is 2.29. The van der Waals surface area contributed by atoms with Gasteiger partial charge in [0.2, 0.25) is 10.0 Å². The molecule has 1 saturated heterocycles. The highest BCUT2D eigenvalue weighted by Crippen LogP contribution is 2.35. The monoisotopic (exact) mass is 356 g/mol. The van der Waals surface area contributed by atoms with E-state index in [1.165, 1.54) is 16.4 Å². The van der Waals surface area contributed by atoms with E-state index in [9.17, 15) is 8.42 Å². The van der Waals surface area contributed by atoms with Crippen molar-refractivity contribution in [2.45, 2.75) is 23.8 Å². The van der Waals surface area contributed by atoms with Gasteiger partial charge in [0, 0.05) is 18.1 Å². The number of piperidine rings is 1. The topological polar surface area (TPSA) is 49.4 Å². The van der Waals surface area contributed by atoms with E-state index in [2.05, 4.69) is 5.32 Å². The smallest absolute Gasteiger partial charge is 0.246 e. The van der Waals surface area contributed by atoms with Crippen LogP contribution in [0.15, 0.2) is 17.0 Å². The van der Waals surface area contributed by atoms with Gasteiger partial charge in [-0.3, -0.25) is 0 Å². The zero-order valence-electron chi connectivity index (χ0n) is 10.9. The van der Waals surface area contributed by atoms with Gasteiger partial charge in [-0.05, 0) is 38.1 Å². The van der Waals surface area contributed by atoms with Crippen LogP contribution in [0.3, 0.4) is 0 Å². The van der Waals surface area contributed by atoms with Crippen LogP contribution in [-0.2, 0) is 10.0 Å². The van der Waals surface area contributed by atoms with Crippen molar-refractivity contribution in [2.24, 2.45) is 0 Å². The van der Waals surface area contributed by atoms with Crippen molar-refractivity contribution in [2.75, 3.05) is 20.1 Å². The Kier molecular flexibility index (Phi) is 5.21. The molecular formula is C12H15Cl3N2O2S. The normalized spacial score (nSPS) is 17.6. The quantitative estimate of drug-likeness (QED) is 0.904. The number of hydrogen-bond acceptors (Lipinski definition) is 3. The number of nitrogens with zero attached hydrogens (tertiary/aromatic N) is 1. The van der Waals surface area contributed by atoms with Gasteiger partial charge in [0.25, 0.3) is 0 Å². The van der Waals surface area contributed by atoms with Gasteiger partial charge in [-0.1, -0.05) is 34.8 Å². The number of hydrogen-bond donors (Lipinski definition) is 1. The molecule has 1 fully saturated rings. The van der Waals surface area contributed by atoms with E-state index in [1.807, 2.05) is 0 Å². The SMILES string of the molecule is CN(C1CCNCC1)S(=O)(=O)c1c(Cl)cc(Cl)cc1Cl. The van der Waals surface area contributed by atoms with E-state index in [0.29, 0.717) is 5.02 Å². The maximum absolute atomic E-state index is 12.7. The molecule has 2 rings (SSSR count). The first-order valence-electron chi connectivity index (χ1n) is 6.17. The van der Waals surface area contributed by atoms with Gasteiger partial charge in [0.1, 0.15) is 4.90 Å². The molecule has 0 amide bonds. The molecule has 0 spiro atoms. The average Bonchev–Trinajstić information content (AvgIpc) is 2.37. The lowest BCUT2D eigenvalue weighted by molar-refractivity contribution is 0.296. The summed E-state index contributed by atoms with van der Waals surface area (Å²) in [5.41, 5.74) is 0. The molecule has 1 aliphatic heterocycles. The maximum atomic E-state index is 12.7. The Hall–Kier alpha value is -0.0400.